The van der Waals surface area contributed by atoms with Crippen LogP contribution in [-0.4, -0.2) is 17.8 Å². The van der Waals surface area contributed by atoms with Gasteiger partial charge >= 0.3 is 0 Å². The highest BCUT2D eigenvalue weighted by molar-refractivity contribution is 4.88. The van der Waals surface area contributed by atoms with E-state index in [-0.39, 0.29) is 6.10 Å². The zero-order valence-electron chi connectivity index (χ0n) is 10.5. The van der Waals surface area contributed by atoms with Gasteiger partial charge in [0, 0.05) is 0 Å². The highest BCUT2D eigenvalue weighted by Crippen LogP contribution is 2.43. The molecule has 2 saturated carbocycles. The molecule has 2 nitrogen and oxygen atoms in total. The molecule has 0 saturated heterocycles. The first-order valence-electron chi connectivity index (χ1n) is 7.12. The SMILES string of the molecule is NCC1(CC2CCCCC2)CCC(O)CC1. The van der Waals surface area contributed by atoms with Crippen molar-refractivity contribution in [2.24, 2.45) is 17.1 Å². The van der Waals surface area contributed by atoms with Crippen LogP contribution >= 0.6 is 0 Å². The summed E-state index contributed by atoms with van der Waals surface area (Å²) in [6, 6.07) is 0. The molecule has 0 aromatic carbocycles. The lowest BCUT2D eigenvalue weighted by Crippen LogP contribution is -2.38. The van der Waals surface area contributed by atoms with Gasteiger partial charge in [-0.15, -0.1) is 0 Å². The quantitative estimate of drug-likeness (QED) is 0.776. The maximum Gasteiger partial charge on any atom is 0.0540 e. The average molecular weight is 225 g/mol. The van der Waals surface area contributed by atoms with Gasteiger partial charge in [0.25, 0.3) is 0 Å². The van der Waals surface area contributed by atoms with Crippen molar-refractivity contribution in [1.82, 2.24) is 0 Å². The second-order valence-electron chi connectivity index (χ2n) is 6.14. The van der Waals surface area contributed by atoms with Gasteiger partial charge in [0.05, 0.1) is 6.10 Å². The molecule has 0 unspecified atom stereocenters. The summed E-state index contributed by atoms with van der Waals surface area (Å²) < 4.78 is 0. The smallest absolute Gasteiger partial charge is 0.0540 e. The van der Waals surface area contributed by atoms with Crippen LogP contribution in [0.2, 0.25) is 0 Å². The highest BCUT2D eigenvalue weighted by Gasteiger charge is 2.35. The van der Waals surface area contributed by atoms with Gasteiger partial charge in [0.2, 0.25) is 0 Å². The summed E-state index contributed by atoms with van der Waals surface area (Å²) in [7, 11) is 0. The molecule has 0 heterocycles. The molecule has 2 heteroatoms. The molecule has 0 aromatic rings. The van der Waals surface area contributed by atoms with Crippen molar-refractivity contribution < 1.29 is 5.11 Å². The monoisotopic (exact) mass is 225 g/mol. The molecule has 0 atom stereocenters. The Labute approximate surface area is 99.6 Å². The largest absolute Gasteiger partial charge is 0.393 e. The molecule has 0 amide bonds. The molecule has 0 radical (unpaired) electrons. The summed E-state index contributed by atoms with van der Waals surface area (Å²) in [4.78, 5) is 0. The number of aliphatic hydroxyl groups is 1. The third-order valence-corrected chi connectivity index (χ3v) is 4.90. The summed E-state index contributed by atoms with van der Waals surface area (Å²) in [5.41, 5.74) is 6.40. The average Bonchev–Trinajstić information content (AvgIpc) is 2.34. The molecule has 2 aliphatic carbocycles. The zero-order chi connectivity index (χ0) is 11.4. The van der Waals surface area contributed by atoms with E-state index in [2.05, 4.69) is 0 Å². The van der Waals surface area contributed by atoms with Crippen molar-refractivity contribution in [3.63, 3.8) is 0 Å². The summed E-state index contributed by atoms with van der Waals surface area (Å²) in [6.45, 7) is 0.830. The summed E-state index contributed by atoms with van der Waals surface area (Å²) in [5.74, 6) is 0.924. The predicted octanol–water partition coefficient (Wildman–Crippen LogP) is 2.84. The molecule has 94 valence electrons. The maximum atomic E-state index is 9.60. The third-order valence-electron chi connectivity index (χ3n) is 4.90. The van der Waals surface area contributed by atoms with Crippen LogP contribution in [0.25, 0.3) is 0 Å². The number of nitrogens with two attached hydrogens (primary N) is 1. The van der Waals surface area contributed by atoms with Crippen LogP contribution in [0.3, 0.4) is 0 Å². The molecule has 2 fully saturated rings. The van der Waals surface area contributed by atoms with Crippen LogP contribution in [0.5, 0.6) is 0 Å². The van der Waals surface area contributed by atoms with Crippen LogP contribution in [0, 0.1) is 11.3 Å². The minimum atomic E-state index is -0.0500. The topological polar surface area (TPSA) is 46.2 Å². The normalized spacial score (nSPS) is 37.5. The van der Waals surface area contributed by atoms with E-state index in [1.54, 1.807) is 0 Å². The Bertz CT molecular complexity index is 203. The number of rotatable bonds is 3. The van der Waals surface area contributed by atoms with E-state index in [0.29, 0.717) is 5.41 Å². The van der Waals surface area contributed by atoms with Crippen molar-refractivity contribution in [3.05, 3.63) is 0 Å². The molecule has 0 bridgehead atoms. The first kappa shape index (κ1) is 12.4. The van der Waals surface area contributed by atoms with E-state index in [0.717, 1.165) is 38.1 Å². The lowest BCUT2D eigenvalue weighted by atomic mass is 9.66. The molecular formula is C14H27NO. The Balaban J connectivity index is 1.88. The Hall–Kier alpha value is -0.0800. The van der Waals surface area contributed by atoms with Crippen LogP contribution in [0.15, 0.2) is 0 Å². The van der Waals surface area contributed by atoms with Crippen LogP contribution < -0.4 is 5.73 Å². The second-order valence-corrected chi connectivity index (χ2v) is 6.14. The van der Waals surface area contributed by atoms with E-state index in [1.165, 1.54) is 38.5 Å². The molecule has 2 aliphatic rings. The predicted molar refractivity (Wildman–Crippen MR) is 67.2 cm³/mol. The van der Waals surface area contributed by atoms with E-state index < -0.39 is 0 Å². The molecule has 2 rings (SSSR count). The summed E-state index contributed by atoms with van der Waals surface area (Å²) in [6.07, 6.45) is 12.7. The second kappa shape index (κ2) is 5.50. The van der Waals surface area contributed by atoms with Gasteiger partial charge in [-0.3, -0.25) is 0 Å². The summed E-state index contributed by atoms with van der Waals surface area (Å²) in [5, 5.41) is 9.60. The molecule has 16 heavy (non-hydrogen) atoms. The van der Waals surface area contributed by atoms with Gasteiger partial charge in [-0.25, -0.2) is 0 Å². The number of aliphatic hydroxyl groups excluding tert-OH is 1. The van der Waals surface area contributed by atoms with Crippen molar-refractivity contribution in [2.75, 3.05) is 6.54 Å². The van der Waals surface area contributed by atoms with E-state index in [9.17, 15) is 5.11 Å². The maximum absolute atomic E-state index is 9.60. The molecule has 0 spiro atoms. The summed E-state index contributed by atoms with van der Waals surface area (Å²) >= 11 is 0. The van der Waals surface area contributed by atoms with E-state index in [1.807, 2.05) is 0 Å². The Morgan fingerprint density at radius 3 is 2.19 bits per heavy atom. The third kappa shape index (κ3) is 2.98. The van der Waals surface area contributed by atoms with Gasteiger partial charge in [0.1, 0.15) is 0 Å². The van der Waals surface area contributed by atoms with Crippen molar-refractivity contribution in [1.29, 1.82) is 0 Å². The van der Waals surface area contributed by atoms with Crippen LogP contribution in [0.1, 0.15) is 64.2 Å². The van der Waals surface area contributed by atoms with E-state index >= 15 is 0 Å². The standard InChI is InChI=1S/C14H27NO/c15-11-14(8-6-13(16)7-9-14)10-12-4-2-1-3-5-12/h12-13,16H,1-11,15H2. The van der Waals surface area contributed by atoms with Crippen molar-refractivity contribution >= 4 is 0 Å². The Morgan fingerprint density at radius 1 is 1.00 bits per heavy atom. The lowest BCUT2D eigenvalue weighted by Gasteiger charge is -2.41. The first-order valence-corrected chi connectivity index (χ1v) is 7.12. The van der Waals surface area contributed by atoms with E-state index in [4.69, 9.17) is 5.73 Å². The minimum absolute atomic E-state index is 0.0500. The highest BCUT2D eigenvalue weighted by atomic mass is 16.3. The van der Waals surface area contributed by atoms with Gasteiger partial charge in [0.15, 0.2) is 0 Å². The Morgan fingerprint density at radius 2 is 1.62 bits per heavy atom. The van der Waals surface area contributed by atoms with Gasteiger partial charge in [-0.05, 0) is 50.0 Å². The van der Waals surface area contributed by atoms with Crippen molar-refractivity contribution in [2.45, 2.75) is 70.3 Å². The molecular weight excluding hydrogens is 198 g/mol. The molecule has 3 N–H and O–H groups in total. The minimum Gasteiger partial charge on any atom is -0.393 e. The fourth-order valence-corrected chi connectivity index (χ4v) is 3.71. The molecule has 0 aliphatic heterocycles. The van der Waals surface area contributed by atoms with Gasteiger partial charge in [-0.2, -0.15) is 0 Å². The number of hydrogen-bond donors (Lipinski definition) is 2. The number of hydrogen-bond acceptors (Lipinski definition) is 2. The lowest BCUT2D eigenvalue weighted by molar-refractivity contribution is 0.0479. The van der Waals surface area contributed by atoms with Gasteiger partial charge in [-0.1, -0.05) is 32.1 Å². The Kier molecular flexibility index (Phi) is 4.26. The van der Waals surface area contributed by atoms with Gasteiger partial charge < -0.3 is 10.8 Å². The van der Waals surface area contributed by atoms with Crippen LogP contribution in [0.4, 0.5) is 0 Å². The molecule has 0 aromatic heterocycles. The fourth-order valence-electron chi connectivity index (χ4n) is 3.71. The zero-order valence-corrected chi connectivity index (χ0v) is 10.5. The fraction of sp³-hybridized carbons (Fsp3) is 1.00. The first-order chi connectivity index (χ1) is 7.74. The van der Waals surface area contributed by atoms with Crippen LogP contribution in [-0.2, 0) is 0 Å². The van der Waals surface area contributed by atoms with Crippen molar-refractivity contribution in [3.8, 4) is 0 Å².